The van der Waals surface area contributed by atoms with Crippen LogP contribution in [0.2, 0.25) is 0 Å². The predicted molar refractivity (Wildman–Crippen MR) is 79.9 cm³/mol. The first-order valence-electron chi connectivity index (χ1n) is 6.78. The molecule has 0 saturated carbocycles. The molecule has 0 aromatic carbocycles. The number of aromatic nitrogens is 3. The summed E-state index contributed by atoms with van der Waals surface area (Å²) in [5, 5.41) is 7.39. The highest BCUT2D eigenvalue weighted by atomic mass is 16.1. The van der Waals surface area contributed by atoms with Crippen molar-refractivity contribution >= 4 is 5.69 Å². The van der Waals surface area contributed by atoms with Crippen LogP contribution in [0.1, 0.15) is 25.1 Å². The van der Waals surface area contributed by atoms with Crippen LogP contribution >= 0.6 is 0 Å². The van der Waals surface area contributed by atoms with Crippen molar-refractivity contribution in [1.82, 2.24) is 14.8 Å². The van der Waals surface area contributed by atoms with Crippen LogP contribution in [0.3, 0.4) is 0 Å². The Morgan fingerprint density at radius 3 is 2.85 bits per heavy atom. The van der Waals surface area contributed by atoms with Crippen molar-refractivity contribution < 1.29 is 0 Å². The minimum atomic E-state index is -0.121. The first kappa shape index (κ1) is 14.2. The lowest BCUT2D eigenvalue weighted by molar-refractivity contribution is 0.624. The Labute approximate surface area is 118 Å². The lowest BCUT2D eigenvalue weighted by atomic mass is 10.2. The molecule has 0 aliphatic rings. The van der Waals surface area contributed by atoms with E-state index >= 15 is 0 Å². The molecule has 2 aromatic rings. The van der Waals surface area contributed by atoms with E-state index in [-0.39, 0.29) is 5.56 Å². The molecular formula is C15H20N4O. The summed E-state index contributed by atoms with van der Waals surface area (Å²) >= 11 is 0. The second-order valence-corrected chi connectivity index (χ2v) is 5.28. The van der Waals surface area contributed by atoms with Crippen molar-refractivity contribution in [3.8, 4) is 0 Å². The summed E-state index contributed by atoms with van der Waals surface area (Å²) in [7, 11) is 0. The molecule has 5 heteroatoms. The zero-order chi connectivity index (χ0) is 14.5. The van der Waals surface area contributed by atoms with Crippen LogP contribution in [0.4, 0.5) is 5.69 Å². The lowest BCUT2D eigenvalue weighted by Gasteiger charge is -2.10. The number of pyridine rings is 1. The van der Waals surface area contributed by atoms with Crippen molar-refractivity contribution in [3.05, 3.63) is 52.2 Å². The molecule has 5 nitrogen and oxygen atoms in total. The van der Waals surface area contributed by atoms with Gasteiger partial charge in [-0.25, -0.2) is 4.68 Å². The van der Waals surface area contributed by atoms with E-state index in [0.29, 0.717) is 12.5 Å². The van der Waals surface area contributed by atoms with Crippen LogP contribution in [-0.2, 0) is 6.54 Å². The summed E-state index contributed by atoms with van der Waals surface area (Å²) in [6.45, 7) is 7.43. The molecule has 0 fully saturated rings. The summed E-state index contributed by atoms with van der Waals surface area (Å²) in [5.74, 6) is 0.522. The third-order valence-electron chi connectivity index (χ3n) is 3.00. The van der Waals surface area contributed by atoms with E-state index in [2.05, 4.69) is 29.2 Å². The number of nitrogens with zero attached hydrogens (tertiary/aromatic N) is 3. The van der Waals surface area contributed by atoms with Crippen LogP contribution in [0.5, 0.6) is 0 Å². The van der Waals surface area contributed by atoms with Crippen LogP contribution in [0.25, 0.3) is 0 Å². The van der Waals surface area contributed by atoms with E-state index in [1.54, 1.807) is 18.5 Å². The average Bonchev–Trinajstić information content (AvgIpc) is 2.41. The number of hydrogen-bond donors (Lipinski definition) is 1. The standard InChI is InChI=1S/C15H20N4O/c1-11(2)8-17-13-7-15(20)19(18-9-13)10-14-12(3)5-4-6-16-14/h4-7,9,11,17H,8,10H2,1-3H3. The molecule has 2 rings (SSSR count). The normalized spacial score (nSPS) is 10.8. The Morgan fingerprint density at radius 1 is 1.40 bits per heavy atom. The van der Waals surface area contributed by atoms with Gasteiger partial charge >= 0.3 is 0 Å². The molecule has 2 heterocycles. The molecule has 20 heavy (non-hydrogen) atoms. The molecule has 0 amide bonds. The molecule has 2 aromatic heterocycles. The van der Waals surface area contributed by atoms with Gasteiger partial charge in [0, 0.05) is 18.8 Å². The van der Waals surface area contributed by atoms with E-state index < -0.39 is 0 Å². The largest absolute Gasteiger partial charge is 0.383 e. The Morgan fingerprint density at radius 2 is 2.20 bits per heavy atom. The van der Waals surface area contributed by atoms with E-state index in [0.717, 1.165) is 23.5 Å². The third-order valence-corrected chi connectivity index (χ3v) is 3.00. The van der Waals surface area contributed by atoms with Gasteiger partial charge in [-0.05, 0) is 24.5 Å². The Hall–Kier alpha value is -2.17. The van der Waals surface area contributed by atoms with Gasteiger partial charge in [0.05, 0.1) is 24.1 Å². The van der Waals surface area contributed by atoms with Gasteiger partial charge in [-0.1, -0.05) is 19.9 Å². The SMILES string of the molecule is Cc1cccnc1Cn1ncc(NCC(C)C)cc1=O. The highest BCUT2D eigenvalue weighted by Gasteiger charge is 2.04. The maximum Gasteiger partial charge on any atom is 0.269 e. The fourth-order valence-electron chi connectivity index (χ4n) is 1.80. The Balaban J connectivity index is 2.14. The molecule has 0 bridgehead atoms. The summed E-state index contributed by atoms with van der Waals surface area (Å²) < 4.78 is 1.43. The molecule has 0 radical (unpaired) electrons. The number of rotatable bonds is 5. The van der Waals surface area contributed by atoms with Crippen molar-refractivity contribution in [1.29, 1.82) is 0 Å². The van der Waals surface area contributed by atoms with E-state index in [1.165, 1.54) is 4.68 Å². The third kappa shape index (κ3) is 3.66. The van der Waals surface area contributed by atoms with Crippen LogP contribution in [0.15, 0.2) is 35.4 Å². The van der Waals surface area contributed by atoms with Gasteiger partial charge in [-0.3, -0.25) is 9.78 Å². The molecule has 1 N–H and O–H groups in total. The second-order valence-electron chi connectivity index (χ2n) is 5.28. The number of aryl methyl sites for hydroxylation is 1. The number of nitrogens with one attached hydrogen (secondary N) is 1. The molecule has 106 valence electrons. The van der Waals surface area contributed by atoms with E-state index in [4.69, 9.17) is 0 Å². The Bertz CT molecular complexity index is 634. The average molecular weight is 272 g/mol. The highest BCUT2D eigenvalue weighted by molar-refractivity contribution is 5.38. The highest BCUT2D eigenvalue weighted by Crippen LogP contribution is 2.05. The van der Waals surface area contributed by atoms with Crippen molar-refractivity contribution in [2.24, 2.45) is 5.92 Å². The van der Waals surface area contributed by atoms with Gasteiger partial charge in [-0.2, -0.15) is 5.10 Å². The van der Waals surface area contributed by atoms with Crippen LogP contribution in [0, 0.1) is 12.8 Å². The number of hydrogen-bond acceptors (Lipinski definition) is 4. The second kappa shape index (κ2) is 6.32. The quantitative estimate of drug-likeness (QED) is 0.905. The van der Waals surface area contributed by atoms with Crippen LogP contribution in [-0.4, -0.2) is 21.3 Å². The fourth-order valence-corrected chi connectivity index (χ4v) is 1.80. The molecule has 0 spiro atoms. The predicted octanol–water partition coefficient (Wildman–Crippen LogP) is 2.06. The molecule has 0 atom stereocenters. The zero-order valence-corrected chi connectivity index (χ0v) is 12.1. The minimum absolute atomic E-state index is 0.121. The summed E-state index contributed by atoms with van der Waals surface area (Å²) in [5.41, 5.74) is 2.56. The zero-order valence-electron chi connectivity index (χ0n) is 12.1. The van der Waals surface area contributed by atoms with Gasteiger partial charge in [-0.15, -0.1) is 0 Å². The summed E-state index contributed by atoms with van der Waals surface area (Å²) in [6, 6.07) is 5.44. The topological polar surface area (TPSA) is 59.8 Å². The fraction of sp³-hybridized carbons (Fsp3) is 0.400. The van der Waals surface area contributed by atoms with Gasteiger partial charge < -0.3 is 5.32 Å². The molecule has 0 unspecified atom stereocenters. The molecule has 0 aliphatic carbocycles. The van der Waals surface area contributed by atoms with Crippen LogP contribution < -0.4 is 10.9 Å². The smallest absolute Gasteiger partial charge is 0.269 e. The monoisotopic (exact) mass is 272 g/mol. The van der Waals surface area contributed by atoms with Crippen molar-refractivity contribution in [3.63, 3.8) is 0 Å². The maximum absolute atomic E-state index is 12.0. The first-order chi connectivity index (χ1) is 9.56. The van der Waals surface area contributed by atoms with Gasteiger partial charge in [0.2, 0.25) is 0 Å². The Kier molecular flexibility index (Phi) is 4.50. The van der Waals surface area contributed by atoms with Gasteiger partial charge in [0.25, 0.3) is 5.56 Å². The van der Waals surface area contributed by atoms with Gasteiger partial charge in [0.1, 0.15) is 0 Å². The molecular weight excluding hydrogens is 252 g/mol. The lowest BCUT2D eigenvalue weighted by Crippen LogP contribution is -2.24. The molecule has 0 saturated heterocycles. The maximum atomic E-state index is 12.0. The minimum Gasteiger partial charge on any atom is -0.383 e. The van der Waals surface area contributed by atoms with Crippen molar-refractivity contribution in [2.45, 2.75) is 27.3 Å². The molecule has 0 aliphatic heterocycles. The van der Waals surface area contributed by atoms with E-state index in [9.17, 15) is 4.79 Å². The van der Waals surface area contributed by atoms with Gasteiger partial charge in [0.15, 0.2) is 0 Å². The number of anilines is 1. The summed E-state index contributed by atoms with van der Waals surface area (Å²) in [4.78, 5) is 16.3. The van der Waals surface area contributed by atoms with E-state index in [1.807, 2.05) is 19.1 Å². The van der Waals surface area contributed by atoms with Crippen molar-refractivity contribution in [2.75, 3.05) is 11.9 Å². The first-order valence-corrected chi connectivity index (χ1v) is 6.78. The summed E-state index contributed by atoms with van der Waals surface area (Å²) in [6.07, 6.45) is 3.41.